The van der Waals surface area contributed by atoms with E-state index in [1.165, 1.54) is 0 Å². The Morgan fingerprint density at radius 2 is 1.94 bits per heavy atom. The number of anilines is 1. The molecule has 1 amide bonds. The SMILES string of the molecule is CC#CC(C)(C)OC(=O)Nc1ccccc1. The van der Waals surface area contributed by atoms with Crippen LogP contribution < -0.4 is 5.32 Å². The van der Waals surface area contributed by atoms with E-state index in [2.05, 4.69) is 17.2 Å². The first-order chi connectivity index (χ1) is 7.53. The summed E-state index contributed by atoms with van der Waals surface area (Å²) in [5.41, 5.74) is -0.0686. The van der Waals surface area contributed by atoms with Crippen molar-refractivity contribution in [3.63, 3.8) is 0 Å². The third-order valence-electron chi connectivity index (χ3n) is 1.79. The monoisotopic (exact) mass is 217 g/mol. The van der Waals surface area contributed by atoms with E-state index in [4.69, 9.17) is 4.74 Å². The largest absolute Gasteiger partial charge is 0.430 e. The number of hydrogen-bond donors (Lipinski definition) is 1. The van der Waals surface area contributed by atoms with Crippen LogP contribution in [-0.4, -0.2) is 11.7 Å². The number of hydrogen-bond acceptors (Lipinski definition) is 2. The van der Waals surface area contributed by atoms with Crippen LogP contribution in [0.3, 0.4) is 0 Å². The van der Waals surface area contributed by atoms with Crippen molar-refractivity contribution in [3.8, 4) is 11.8 Å². The molecule has 0 unspecified atom stereocenters. The highest BCUT2D eigenvalue weighted by Gasteiger charge is 2.19. The Kier molecular flexibility index (Phi) is 3.96. The van der Waals surface area contributed by atoms with Crippen LogP contribution >= 0.6 is 0 Å². The normalized spacial score (nSPS) is 9.94. The van der Waals surface area contributed by atoms with Crippen molar-refractivity contribution in [2.45, 2.75) is 26.4 Å². The molecular weight excluding hydrogens is 202 g/mol. The fourth-order valence-corrected chi connectivity index (χ4v) is 1.22. The molecule has 1 N–H and O–H groups in total. The van der Waals surface area contributed by atoms with Crippen molar-refractivity contribution in [2.24, 2.45) is 0 Å². The Balaban J connectivity index is 2.57. The maximum Gasteiger partial charge on any atom is 0.413 e. The quantitative estimate of drug-likeness (QED) is 0.773. The van der Waals surface area contributed by atoms with Crippen molar-refractivity contribution in [3.05, 3.63) is 30.3 Å². The van der Waals surface area contributed by atoms with Crippen molar-refractivity contribution in [2.75, 3.05) is 5.32 Å². The van der Waals surface area contributed by atoms with Gasteiger partial charge in [0, 0.05) is 5.69 Å². The minimum Gasteiger partial charge on any atom is -0.430 e. The van der Waals surface area contributed by atoms with Gasteiger partial charge in [0.1, 0.15) is 0 Å². The molecule has 1 aromatic rings. The van der Waals surface area contributed by atoms with Crippen LogP contribution in [0.15, 0.2) is 30.3 Å². The molecule has 0 atom stereocenters. The highest BCUT2D eigenvalue weighted by Crippen LogP contribution is 2.11. The first-order valence-corrected chi connectivity index (χ1v) is 5.02. The van der Waals surface area contributed by atoms with Gasteiger partial charge in [-0.25, -0.2) is 4.79 Å². The Morgan fingerprint density at radius 3 is 2.50 bits per heavy atom. The van der Waals surface area contributed by atoms with Gasteiger partial charge in [-0.15, -0.1) is 5.92 Å². The molecule has 1 rings (SSSR count). The van der Waals surface area contributed by atoms with Gasteiger partial charge >= 0.3 is 6.09 Å². The Bertz CT molecular complexity index is 413. The second-order valence-electron chi connectivity index (χ2n) is 3.77. The Morgan fingerprint density at radius 1 is 1.31 bits per heavy atom. The fraction of sp³-hybridized carbons (Fsp3) is 0.308. The maximum atomic E-state index is 11.5. The standard InChI is InChI=1S/C13H15NO2/c1-4-10-13(2,3)16-12(15)14-11-8-6-5-7-9-11/h5-9H,1-3H3,(H,14,15). The minimum absolute atomic E-state index is 0.501. The molecule has 0 spiro atoms. The molecule has 0 aliphatic carbocycles. The van der Waals surface area contributed by atoms with Crippen molar-refractivity contribution < 1.29 is 9.53 Å². The highest BCUT2D eigenvalue weighted by molar-refractivity contribution is 5.84. The summed E-state index contributed by atoms with van der Waals surface area (Å²) in [5.74, 6) is 5.53. The van der Waals surface area contributed by atoms with Gasteiger partial charge in [-0.3, -0.25) is 5.32 Å². The van der Waals surface area contributed by atoms with Gasteiger partial charge in [0.2, 0.25) is 0 Å². The summed E-state index contributed by atoms with van der Waals surface area (Å²) >= 11 is 0. The number of para-hydroxylation sites is 1. The molecule has 0 aromatic heterocycles. The molecule has 0 fully saturated rings. The molecule has 0 heterocycles. The Labute approximate surface area is 95.8 Å². The van der Waals surface area contributed by atoms with Gasteiger partial charge < -0.3 is 4.74 Å². The van der Waals surface area contributed by atoms with E-state index >= 15 is 0 Å². The van der Waals surface area contributed by atoms with Crippen molar-refractivity contribution in [1.29, 1.82) is 0 Å². The lowest BCUT2D eigenvalue weighted by atomic mass is 10.1. The summed E-state index contributed by atoms with van der Waals surface area (Å²) in [6.07, 6.45) is -0.501. The summed E-state index contributed by atoms with van der Waals surface area (Å²) in [6.45, 7) is 5.20. The Hall–Kier alpha value is -1.95. The minimum atomic E-state index is -0.770. The summed E-state index contributed by atoms with van der Waals surface area (Å²) in [5, 5.41) is 2.63. The lowest BCUT2D eigenvalue weighted by molar-refractivity contribution is 0.0905. The maximum absolute atomic E-state index is 11.5. The van der Waals surface area contributed by atoms with Crippen LogP contribution in [0, 0.1) is 11.8 Å². The summed E-state index contributed by atoms with van der Waals surface area (Å²) < 4.78 is 5.16. The molecule has 0 aliphatic heterocycles. The predicted molar refractivity (Wildman–Crippen MR) is 64.1 cm³/mol. The number of nitrogens with one attached hydrogen (secondary N) is 1. The van der Waals surface area contributed by atoms with Crippen molar-refractivity contribution in [1.82, 2.24) is 0 Å². The van der Waals surface area contributed by atoms with Gasteiger partial charge in [-0.05, 0) is 32.9 Å². The van der Waals surface area contributed by atoms with E-state index < -0.39 is 11.7 Å². The second kappa shape index (κ2) is 5.22. The van der Waals surface area contributed by atoms with Gasteiger partial charge in [0.05, 0.1) is 0 Å². The first kappa shape index (κ1) is 12.1. The van der Waals surface area contributed by atoms with Crippen molar-refractivity contribution >= 4 is 11.8 Å². The van der Waals surface area contributed by atoms with E-state index in [9.17, 15) is 4.79 Å². The van der Waals surface area contributed by atoms with E-state index in [0.29, 0.717) is 5.69 Å². The number of benzene rings is 1. The molecule has 3 nitrogen and oxygen atoms in total. The zero-order valence-corrected chi connectivity index (χ0v) is 9.70. The predicted octanol–water partition coefficient (Wildman–Crippen LogP) is 3.04. The second-order valence-corrected chi connectivity index (χ2v) is 3.77. The fourth-order valence-electron chi connectivity index (χ4n) is 1.22. The van der Waals surface area contributed by atoms with Crippen LogP contribution in [0.5, 0.6) is 0 Å². The van der Waals surface area contributed by atoms with Crippen LogP contribution in [0.1, 0.15) is 20.8 Å². The average molecular weight is 217 g/mol. The van der Waals surface area contributed by atoms with Crippen LogP contribution in [-0.2, 0) is 4.74 Å². The van der Waals surface area contributed by atoms with Gasteiger partial charge in [-0.2, -0.15) is 0 Å². The molecule has 1 aromatic carbocycles. The van der Waals surface area contributed by atoms with E-state index in [1.54, 1.807) is 32.9 Å². The first-order valence-electron chi connectivity index (χ1n) is 5.02. The number of carbonyl (C=O) groups excluding carboxylic acids is 1. The lowest BCUT2D eigenvalue weighted by Crippen LogP contribution is -2.29. The molecular formula is C13H15NO2. The molecule has 0 saturated carbocycles. The molecule has 0 radical (unpaired) electrons. The molecule has 16 heavy (non-hydrogen) atoms. The third-order valence-corrected chi connectivity index (χ3v) is 1.79. The molecule has 0 saturated heterocycles. The molecule has 84 valence electrons. The highest BCUT2D eigenvalue weighted by atomic mass is 16.6. The summed E-state index contributed by atoms with van der Waals surface area (Å²) in [7, 11) is 0. The van der Waals surface area contributed by atoms with Gasteiger partial charge in [-0.1, -0.05) is 24.1 Å². The third kappa shape index (κ3) is 4.05. The summed E-state index contributed by atoms with van der Waals surface area (Å²) in [4.78, 5) is 11.5. The van der Waals surface area contributed by atoms with Gasteiger partial charge in [0.15, 0.2) is 5.60 Å². The number of rotatable bonds is 2. The average Bonchev–Trinajstić information content (AvgIpc) is 2.17. The van der Waals surface area contributed by atoms with E-state index in [-0.39, 0.29) is 0 Å². The zero-order chi connectivity index (χ0) is 12.0. The van der Waals surface area contributed by atoms with Crippen LogP contribution in [0.4, 0.5) is 10.5 Å². The van der Waals surface area contributed by atoms with Crippen LogP contribution in [0.25, 0.3) is 0 Å². The molecule has 0 aliphatic rings. The summed E-state index contributed by atoms with van der Waals surface area (Å²) in [6, 6.07) is 9.14. The number of amides is 1. The lowest BCUT2D eigenvalue weighted by Gasteiger charge is -2.18. The number of ether oxygens (including phenoxy) is 1. The van der Waals surface area contributed by atoms with E-state index in [0.717, 1.165) is 0 Å². The number of carbonyl (C=O) groups is 1. The smallest absolute Gasteiger partial charge is 0.413 e. The molecule has 3 heteroatoms. The topological polar surface area (TPSA) is 38.3 Å². The van der Waals surface area contributed by atoms with E-state index in [1.807, 2.05) is 18.2 Å². The zero-order valence-electron chi connectivity index (χ0n) is 9.70. The van der Waals surface area contributed by atoms with Crippen LogP contribution in [0.2, 0.25) is 0 Å². The molecule has 0 bridgehead atoms. The van der Waals surface area contributed by atoms with Gasteiger partial charge in [0.25, 0.3) is 0 Å².